The zero-order valence-corrected chi connectivity index (χ0v) is 32.2. The van der Waals surface area contributed by atoms with Crippen LogP contribution in [-0.4, -0.2) is 24.9 Å². The summed E-state index contributed by atoms with van der Waals surface area (Å²) < 4.78 is 0. The molecule has 6 heteroatoms. The molecule has 11 rings (SSSR count). The fraction of sp³-hybridized carbons (Fsp3) is 0. The van der Waals surface area contributed by atoms with Gasteiger partial charge in [-0.15, -0.1) is 0 Å². The van der Waals surface area contributed by atoms with E-state index in [9.17, 15) is 0 Å². The van der Waals surface area contributed by atoms with Gasteiger partial charge in [0.25, 0.3) is 0 Å². The molecule has 0 aliphatic rings. The SMILES string of the molecule is [C-]#[N+]c1ccc(-c2ccc(-c3cc4c5cccnc5c(-c5cccc(-c6cc(-c7ccncc7)nc(-c7ccncc7)c6)c5)cc4c4cccnc34)cc2)c2ccccc12. The number of nitrogens with zero attached hydrogens (tertiary/aromatic N) is 6. The predicted octanol–water partition coefficient (Wildman–Crippen LogP) is 13.8. The van der Waals surface area contributed by atoms with Crippen LogP contribution in [0.15, 0.2) is 195 Å². The second kappa shape index (κ2) is 14.5. The maximum atomic E-state index is 7.67. The second-order valence-electron chi connectivity index (χ2n) is 14.8. The van der Waals surface area contributed by atoms with Crippen LogP contribution in [0.2, 0.25) is 0 Å². The molecule has 0 N–H and O–H groups in total. The van der Waals surface area contributed by atoms with E-state index in [0.29, 0.717) is 5.69 Å². The Hall–Kier alpha value is -8.40. The van der Waals surface area contributed by atoms with Gasteiger partial charge in [0.1, 0.15) is 0 Å². The van der Waals surface area contributed by atoms with Crippen LogP contribution in [0.3, 0.4) is 0 Å². The summed E-state index contributed by atoms with van der Waals surface area (Å²) in [6.45, 7) is 7.67. The van der Waals surface area contributed by atoms with Gasteiger partial charge in [0, 0.05) is 70.2 Å². The average molecular weight is 765 g/mol. The fourth-order valence-corrected chi connectivity index (χ4v) is 8.51. The number of rotatable bonds is 6. The summed E-state index contributed by atoms with van der Waals surface area (Å²) in [5.74, 6) is 0. The van der Waals surface area contributed by atoms with Crippen LogP contribution < -0.4 is 0 Å². The Labute approximate surface area is 346 Å². The van der Waals surface area contributed by atoms with E-state index in [2.05, 4.69) is 112 Å². The number of fused-ring (bicyclic) bond motifs is 6. The molecular weight excluding hydrogens is 733 g/mol. The maximum absolute atomic E-state index is 7.67. The van der Waals surface area contributed by atoms with Crippen molar-refractivity contribution in [1.82, 2.24) is 24.9 Å². The van der Waals surface area contributed by atoms with Crippen molar-refractivity contribution in [2.45, 2.75) is 0 Å². The van der Waals surface area contributed by atoms with E-state index < -0.39 is 0 Å². The third-order valence-corrected chi connectivity index (χ3v) is 11.4. The fourth-order valence-electron chi connectivity index (χ4n) is 8.51. The lowest BCUT2D eigenvalue weighted by molar-refractivity contribution is 1.27. The topological polar surface area (TPSA) is 68.8 Å². The molecule has 0 aliphatic heterocycles. The molecule has 0 unspecified atom stereocenters. The molecule has 0 atom stereocenters. The van der Waals surface area contributed by atoms with Gasteiger partial charge < -0.3 is 0 Å². The molecule has 0 radical (unpaired) electrons. The third kappa shape index (κ3) is 6.01. The average Bonchev–Trinajstić information content (AvgIpc) is 3.33. The van der Waals surface area contributed by atoms with Gasteiger partial charge in [-0.1, -0.05) is 91.0 Å². The highest BCUT2D eigenvalue weighted by Gasteiger charge is 2.18. The Morgan fingerprint density at radius 2 is 0.867 bits per heavy atom. The van der Waals surface area contributed by atoms with Crippen molar-refractivity contribution in [3.63, 3.8) is 0 Å². The van der Waals surface area contributed by atoms with Gasteiger partial charge in [-0.3, -0.25) is 19.9 Å². The Bertz CT molecular complexity index is 3430. The number of aromatic nitrogens is 5. The Balaban J connectivity index is 1.05. The lowest BCUT2D eigenvalue weighted by Gasteiger charge is -2.16. The maximum Gasteiger partial charge on any atom is 0.194 e. The molecule has 0 bridgehead atoms. The summed E-state index contributed by atoms with van der Waals surface area (Å²) in [5.41, 5.74) is 14.9. The van der Waals surface area contributed by atoms with Crippen LogP contribution in [-0.2, 0) is 0 Å². The van der Waals surface area contributed by atoms with Crippen molar-refractivity contribution >= 4 is 49.0 Å². The third-order valence-electron chi connectivity index (χ3n) is 11.4. The van der Waals surface area contributed by atoms with Crippen LogP contribution in [0.4, 0.5) is 5.69 Å². The summed E-state index contributed by atoms with van der Waals surface area (Å²) >= 11 is 0. The Morgan fingerprint density at radius 3 is 1.47 bits per heavy atom. The minimum Gasteiger partial charge on any atom is -0.265 e. The van der Waals surface area contributed by atoms with Crippen molar-refractivity contribution in [2.75, 3.05) is 0 Å². The smallest absolute Gasteiger partial charge is 0.194 e. The van der Waals surface area contributed by atoms with E-state index >= 15 is 0 Å². The van der Waals surface area contributed by atoms with E-state index in [4.69, 9.17) is 21.5 Å². The Kier molecular flexibility index (Phi) is 8.42. The molecule has 0 spiro atoms. The van der Waals surface area contributed by atoms with Crippen molar-refractivity contribution in [1.29, 1.82) is 0 Å². The van der Waals surface area contributed by atoms with Gasteiger partial charge in [0.15, 0.2) is 5.69 Å². The van der Waals surface area contributed by atoms with E-state index in [1.54, 1.807) is 24.8 Å². The summed E-state index contributed by atoms with van der Waals surface area (Å²) in [5, 5.41) is 6.44. The van der Waals surface area contributed by atoms with Crippen molar-refractivity contribution in [3.8, 4) is 67.0 Å². The minimum absolute atomic E-state index is 0.664. The molecule has 5 heterocycles. The van der Waals surface area contributed by atoms with Crippen LogP contribution in [0.1, 0.15) is 0 Å². The first-order chi connectivity index (χ1) is 29.7. The predicted molar refractivity (Wildman–Crippen MR) is 244 cm³/mol. The molecule has 60 heavy (non-hydrogen) atoms. The van der Waals surface area contributed by atoms with E-state index in [1.165, 1.54) is 0 Å². The summed E-state index contributed by atoms with van der Waals surface area (Å²) in [6.07, 6.45) is 10.9. The molecule has 278 valence electrons. The highest BCUT2D eigenvalue weighted by Crippen LogP contribution is 2.42. The van der Waals surface area contributed by atoms with E-state index in [-0.39, 0.29) is 0 Å². The molecule has 0 fully saturated rings. The minimum atomic E-state index is 0.664. The van der Waals surface area contributed by atoms with Gasteiger partial charge in [0.2, 0.25) is 0 Å². The van der Waals surface area contributed by atoms with Crippen LogP contribution in [0.5, 0.6) is 0 Å². The molecule has 0 aliphatic carbocycles. The Morgan fingerprint density at radius 1 is 0.333 bits per heavy atom. The zero-order valence-electron chi connectivity index (χ0n) is 32.2. The first-order valence-electron chi connectivity index (χ1n) is 19.7. The van der Waals surface area contributed by atoms with Crippen LogP contribution in [0, 0.1) is 6.57 Å². The van der Waals surface area contributed by atoms with E-state index in [0.717, 1.165) is 110 Å². The normalized spacial score (nSPS) is 11.3. The number of pyridine rings is 5. The molecule has 0 saturated carbocycles. The highest BCUT2D eigenvalue weighted by atomic mass is 14.7. The van der Waals surface area contributed by atoms with Gasteiger partial charge >= 0.3 is 0 Å². The number of benzene rings is 6. The van der Waals surface area contributed by atoms with Crippen molar-refractivity contribution in [2.24, 2.45) is 0 Å². The molecule has 6 aromatic carbocycles. The van der Waals surface area contributed by atoms with Crippen molar-refractivity contribution in [3.05, 3.63) is 206 Å². The van der Waals surface area contributed by atoms with Gasteiger partial charge in [-0.05, 0) is 122 Å². The van der Waals surface area contributed by atoms with E-state index in [1.807, 2.05) is 73.1 Å². The molecule has 0 amide bonds. The molecule has 6 nitrogen and oxygen atoms in total. The molecular formula is C54H32N6. The lowest BCUT2D eigenvalue weighted by atomic mass is 9.89. The van der Waals surface area contributed by atoms with Crippen molar-refractivity contribution < 1.29 is 0 Å². The van der Waals surface area contributed by atoms with Crippen LogP contribution >= 0.6 is 0 Å². The van der Waals surface area contributed by atoms with Gasteiger partial charge in [-0.25, -0.2) is 9.83 Å². The first-order valence-corrected chi connectivity index (χ1v) is 19.7. The molecule has 5 aromatic heterocycles. The number of hydrogen-bond donors (Lipinski definition) is 0. The quantitative estimate of drug-likeness (QED) is 0.125. The number of hydrogen-bond acceptors (Lipinski definition) is 5. The lowest BCUT2D eigenvalue weighted by Crippen LogP contribution is -1.93. The molecule has 11 aromatic rings. The second-order valence-corrected chi connectivity index (χ2v) is 14.8. The molecule has 0 saturated heterocycles. The summed E-state index contributed by atoms with van der Waals surface area (Å²) in [4.78, 5) is 27.3. The first kappa shape index (κ1) is 34.8. The zero-order chi connectivity index (χ0) is 40.0. The largest absolute Gasteiger partial charge is 0.265 e. The summed E-state index contributed by atoms with van der Waals surface area (Å²) in [6, 6.07) is 54.7. The highest BCUT2D eigenvalue weighted by molar-refractivity contribution is 6.22. The van der Waals surface area contributed by atoms with Crippen LogP contribution in [0.25, 0.3) is 115 Å². The van der Waals surface area contributed by atoms with Gasteiger partial charge in [0.05, 0.1) is 29.0 Å². The standard InChI is InChI=1S/C54H32N6/c1-55-50-18-17-41(42-9-2-3-10-43(42)50)34-13-15-35(16-14-34)46-32-48-45-12-6-24-59-54(45)47(33-49(48)44-11-5-23-58-53(44)46)39-8-4-7-38(29-39)40-30-51(36-19-25-56-26-20-36)60-52(31-40)37-21-27-57-28-22-37/h2-33H. The van der Waals surface area contributed by atoms with Gasteiger partial charge in [-0.2, -0.15) is 0 Å². The monoisotopic (exact) mass is 764 g/mol. The summed E-state index contributed by atoms with van der Waals surface area (Å²) in [7, 11) is 0.